The maximum Gasteiger partial charge on any atom is 0.222 e. The summed E-state index contributed by atoms with van der Waals surface area (Å²) < 4.78 is 29.0. The Bertz CT molecular complexity index is 503. The van der Waals surface area contributed by atoms with E-state index in [0.29, 0.717) is 11.3 Å². The number of sulfone groups is 1. The first-order valence-electron chi connectivity index (χ1n) is 5.30. The lowest BCUT2D eigenvalue weighted by atomic mass is 10.3. The highest BCUT2D eigenvalue weighted by atomic mass is 32.2. The summed E-state index contributed by atoms with van der Waals surface area (Å²) in [5.74, 6) is 0.257. The molecule has 0 aliphatic carbocycles. The first kappa shape index (κ1) is 13.8. The summed E-state index contributed by atoms with van der Waals surface area (Å²) in [5, 5.41) is 11.3. The van der Waals surface area contributed by atoms with E-state index in [4.69, 9.17) is 4.74 Å². The Morgan fingerprint density at radius 1 is 1.35 bits per heavy atom. The van der Waals surface area contributed by atoms with E-state index in [1.165, 1.54) is 12.3 Å². The van der Waals surface area contributed by atoms with Crippen LogP contribution in [0.1, 0.15) is 27.7 Å². The van der Waals surface area contributed by atoms with Gasteiger partial charge < -0.3 is 9.94 Å². The molecule has 0 aliphatic rings. The summed E-state index contributed by atoms with van der Waals surface area (Å²) >= 11 is 0. The summed E-state index contributed by atoms with van der Waals surface area (Å²) in [6.07, 6.45) is 2.24. The molecule has 17 heavy (non-hydrogen) atoms. The van der Waals surface area contributed by atoms with Gasteiger partial charge in [-0.05, 0) is 27.7 Å². The predicted octanol–water partition coefficient (Wildman–Crippen LogP) is 1.29. The zero-order valence-corrected chi connectivity index (χ0v) is 11.2. The Hall–Kier alpha value is -1.30. The molecule has 0 radical (unpaired) electrons. The summed E-state index contributed by atoms with van der Waals surface area (Å²) in [7, 11) is -3.54. The van der Waals surface area contributed by atoms with Gasteiger partial charge in [0, 0.05) is 6.07 Å². The normalized spacial score (nSPS) is 12.5. The van der Waals surface area contributed by atoms with Crippen LogP contribution in [0.2, 0.25) is 0 Å². The topological polar surface area (TPSA) is 70.3 Å². The van der Waals surface area contributed by atoms with E-state index >= 15 is 0 Å². The van der Waals surface area contributed by atoms with Crippen molar-refractivity contribution in [3.8, 4) is 5.75 Å². The Labute approximate surface area is 102 Å². The Balaban J connectivity index is 3.33. The highest BCUT2D eigenvalue weighted by Crippen LogP contribution is 2.25. The quantitative estimate of drug-likeness (QED) is 0.606. The molecular weight excluding hydrogens is 242 g/mol. The van der Waals surface area contributed by atoms with Crippen LogP contribution in [0, 0.1) is 5.21 Å². The lowest BCUT2D eigenvalue weighted by Gasteiger charge is -2.18. The molecule has 0 aromatic carbocycles. The zero-order valence-electron chi connectivity index (χ0n) is 10.4. The highest BCUT2D eigenvalue weighted by molar-refractivity contribution is 7.92. The van der Waals surface area contributed by atoms with Crippen molar-refractivity contribution in [1.82, 2.24) is 0 Å². The number of rotatable bonds is 3. The van der Waals surface area contributed by atoms with Gasteiger partial charge in [0.2, 0.25) is 6.20 Å². The number of hydrogen-bond acceptors (Lipinski definition) is 4. The maximum atomic E-state index is 12.2. The zero-order chi connectivity index (χ0) is 13.3. The predicted molar refractivity (Wildman–Crippen MR) is 63.5 cm³/mol. The molecule has 1 aromatic rings. The van der Waals surface area contributed by atoms with Gasteiger partial charge in [-0.2, -0.15) is 4.73 Å². The van der Waals surface area contributed by atoms with Crippen molar-refractivity contribution in [2.45, 2.75) is 37.3 Å². The fraction of sp³-hybridized carbons (Fsp3) is 0.545. The van der Waals surface area contributed by atoms with Gasteiger partial charge in [0.1, 0.15) is 4.90 Å². The Kier molecular flexibility index (Phi) is 3.66. The van der Waals surface area contributed by atoms with E-state index in [-0.39, 0.29) is 10.6 Å². The first-order chi connectivity index (χ1) is 7.68. The van der Waals surface area contributed by atoms with Crippen LogP contribution in [-0.2, 0) is 9.84 Å². The molecule has 96 valence electrons. The molecule has 0 spiro atoms. The number of nitrogens with zero attached hydrogens (tertiary/aromatic N) is 1. The molecule has 1 aromatic heterocycles. The molecule has 0 saturated heterocycles. The molecule has 5 nitrogen and oxygen atoms in total. The van der Waals surface area contributed by atoms with E-state index in [1.807, 2.05) is 0 Å². The molecule has 1 heterocycles. The van der Waals surface area contributed by atoms with Crippen LogP contribution >= 0.6 is 0 Å². The van der Waals surface area contributed by atoms with Gasteiger partial charge in [0.25, 0.3) is 0 Å². The summed E-state index contributed by atoms with van der Waals surface area (Å²) in [6, 6.07) is 1.37. The fourth-order valence-corrected chi connectivity index (χ4v) is 2.47. The second-order valence-electron chi connectivity index (χ2n) is 4.62. The van der Waals surface area contributed by atoms with Gasteiger partial charge in [0.05, 0.1) is 11.4 Å². The molecule has 6 heteroatoms. The van der Waals surface area contributed by atoms with Crippen LogP contribution in [-0.4, -0.2) is 19.8 Å². The van der Waals surface area contributed by atoms with E-state index < -0.39 is 14.6 Å². The van der Waals surface area contributed by atoms with Crippen molar-refractivity contribution in [1.29, 1.82) is 0 Å². The second kappa shape index (κ2) is 4.52. The van der Waals surface area contributed by atoms with Crippen LogP contribution in [0.5, 0.6) is 5.75 Å². The molecule has 0 bridgehead atoms. The van der Waals surface area contributed by atoms with Gasteiger partial charge in [-0.25, -0.2) is 8.42 Å². The third-order valence-electron chi connectivity index (χ3n) is 2.22. The van der Waals surface area contributed by atoms with Crippen molar-refractivity contribution in [3.63, 3.8) is 0 Å². The first-order valence-corrected chi connectivity index (χ1v) is 6.78. The minimum atomic E-state index is -3.54. The van der Waals surface area contributed by atoms with E-state index in [1.54, 1.807) is 27.7 Å². The number of hydrogen-bond donors (Lipinski definition) is 0. The van der Waals surface area contributed by atoms with Gasteiger partial charge in [-0.1, -0.05) is 0 Å². The smallest absolute Gasteiger partial charge is 0.222 e. The molecule has 0 saturated carbocycles. The molecule has 1 rings (SSSR count). The highest BCUT2D eigenvalue weighted by Gasteiger charge is 2.33. The van der Waals surface area contributed by atoms with Gasteiger partial charge >= 0.3 is 0 Å². The second-order valence-corrected chi connectivity index (χ2v) is 7.32. The third-order valence-corrected chi connectivity index (χ3v) is 4.68. The fourth-order valence-electron chi connectivity index (χ4n) is 1.25. The van der Waals surface area contributed by atoms with Gasteiger partial charge in [-0.15, -0.1) is 0 Å². The Morgan fingerprint density at radius 3 is 2.41 bits per heavy atom. The van der Waals surface area contributed by atoms with Crippen LogP contribution in [0.3, 0.4) is 0 Å². The van der Waals surface area contributed by atoms with Crippen LogP contribution < -0.4 is 9.47 Å². The van der Waals surface area contributed by atoms with Crippen LogP contribution in [0.4, 0.5) is 0 Å². The van der Waals surface area contributed by atoms with E-state index in [2.05, 4.69) is 0 Å². The largest absolute Gasteiger partial charge is 0.619 e. The molecule has 0 unspecified atom stereocenters. The van der Waals surface area contributed by atoms with Crippen LogP contribution in [0.15, 0.2) is 23.4 Å². The summed E-state index contributed by atoms with van der Waals surface area (Å²) in [5.41, 5.74) is 0. The van der Waals surface area contributed by atoms with Gasteiger partial charge in [0.15, 0.2) is 21.8 Å². The summed E-state index contributed by atoms with van der Waals surface area (Å²) in [4.78, 5) is -0.0223. The van der Waals surface area contributed by atoms with Crippen molar-refractivity contribution in [2.75, 3.05) is 6.61 Å². The minimum absolute atomic E-state index is 0.0223. The lowest BCUT2D eigenvalue weighted by molar-refractivity contribution is -0.608. The van der Waals surface area contributed by atoms with Crippen molar-refractivity contribution in [3.05, 3.63) is 23.7 Å². The molecule has 0 atom stereocenters. The van der Waals surface area contributed by atoms with Crippen molar-refractivity contribution >= 4 is 9.84 Å². The molecule has 0 fully saturated rings. The number of pyridine rings is 1. The Morgan fingerprint density at radius 2 is 1.94 bits per heavy atom. The van der Waals surface area contributed by atoms with E-state index in [0.717, 1.165) is 6.20 Å². The monoisotopic (exact) mass is 259 g/mol. The third kappa shape index (κ3) is 2.88. The standard InChI is InChI=1S/C11H17NO4S/c1-5-16-9-6-10(8-12(13)7-9)17(14,15)11(2,3)4/h6-8H,5H2,1-4H3. The lowest BCUT2D eigenvalue weighted by Crippen LogP contribution is -2.32. The molecule has 0 amide bonds. The minimum Gasteiger partial charge on any atom is -0.619 e. The van der Waals surface area contributed by atoms with Crippen molar-refractivity contribution in [2.24, 2.45) is 0 Å². The SMILES string of the molecule is CCOc1cc(S(=O)(=O)C(C)(C)C)c[n+]([O-])c1. The average molecular weight is 259 g/mol. The molecule has 0 N–H and O–H groups in total. The van der Waals surface area contributed by atoms with Crippen LogP contribution in [0.25, 0.3) is 0 Å². The molecular formula is C11H17NO4S. The van der Waals surface area contributed by atoms with E-state index in [9.17, 15) is 13.6 Å². The molecule has 0 aliphatic heterocycles. The maximum absolute atomic E-state index is 12.2. The average Bonchev–Trinajstić information content (AvgIpc) is 2.15. The number of aromatic nitrogens is 1. The number of ether oxygens (including phenoxy) is 1. The van der Waals surface area contributed by atoms with Crippen molar-refractivity contribution < 1.29 is 17.9 Å². The van der Waals surface area contributed by atoms with Gasteiger partial charge in [-0.3, -0.25) is 0 Å². The summed E-state index contributed by atoms with van der Waals surface area (Å²) in [6.45, 7) is 6.90.